The maximum absolute atomic E-state index is 11.6. The summed E-state index contributed by atoms with van der Waals surface area (Å²) in [4.78, 5) is 13.8. The first-order valence-electron chi connectivity index (χ1n) is 6.57. The van der Waals surface area contributed by atoms with Crippen molar-refractivity contribution in [2.75, 3.05) is 26.7 Å². The molecule has 1 heterocycles. The third-order valence-electron chi connectivity index (χ3n) is 4.24. The van der Waals surface area contributed by atoms with Gasteiger partial charge in [-0.25, -0.2) is 0 Å². The van der Waals surface area contributed by atoms with Crippen molar-refractivity contribution in [2.45, 2.75) is 38.2 Å². The molecule has 2 atom stereocenters. The minimum atomic E-state index is -0.509. The van der Waals surface area contributed by atoms with Gasteiger partial charge in [-0.05, 0) is 18.8 Å². The van der Waals surface area contributed by atoms with Gasteiger partial charge in [-0.15, -0.1) is 0 Å². The molecule has 1 saturated carbocycles. The van der Waals surface area contributed by atoms with Gasteiger partial charge < -0.3 is 9.84 Å². The fourth-order valence-electron chi connectivity index (χ4n) is 3.26. The predicted octanol–water partition coefficient (Wildman–Crippen LogP) is 1.03. The number of aliphatic hydroxyl groups is 1. The average Bonchev–Trinajstić information content (AvgIpc) is 2.85. The van der Waals surface area contributed by atoms with Crippen LogP contribution >= 0.6 is 0 Å². The van der Waals surface area contributed by atoms with Crippen LogP contribution in [-0.2, 0) is 9.53 Å². The highest BCUT2D eigenvalue weighted by Crippen LogP contribution is 2.33. The van der Waals surface area contributed by atoms with Crippen molar-refractivity contribution in [1.82, 2.24) is 4.90 Å². The standard InChI is InChI=1S/C13H23NO3/c1-10-7-14(8-11(10)12(15)17-2)9-13(16)5-3-4-6-13/h10-11,16H,3-9H2,1-2H3. The molecule has 2 aliphatic rings. The van der Waals surface area contributed by atoms with Crippen molar-refractivity contribution in [2.24, 2.45) is 11.8 Å². The number of methoxy groups -OCH3 is 1. The molecule has 1 saturated heterocycles. The second-order valence-electron chi connectivity index (χ2n) is 5.73. The van der Waals surface area contributed by atoms with E-state index in [4.69, 9.17) is 4.74 Å². The predicted molar refractivity (Wildman–Crippen MR) is 64.5 cm³/mol. The SMILES string of the molecule is COC(=O)C1CN(CC2(O)CCCC2)CC1C. The molecular formula is C13H23NO3. The molecule has 0 radical (unpaired) electrons. The Bertz CT molecular complexity index is 286. The molecule has 2 unspecified atom stereocenters. The largest absolute Gasteiger partial charge is 0.469 e. The van der Waals surface area contributed by atoms with E-state index in [2.05, 4.69) is 11.8 Å². The third kappa shape index (κ3) is 2.80. The van der Waals surface area contributed by atoms with Crippen molar-refractivity contribution in [3.05, 3.63) is 0 Å². The van der Waals surface area contributed by atoms with Gasteiger partial charge in [0.25, 0.3) is 0 Å². The topological polar surface area (TPSA) is 49.8 Å². The van der Waals surface area contributed by atoms with Crippen LogP contribution in [0.4, 0.5) is 0 Å². The van der Waals surface area contributed by atoms with Crippen LogP contribution in [0.3, 0.4) is 0 Å². The summed E-state index contributed by atoms with van der Waals surface area (Å²) < 4.78 is 4.82. The Morgan fingerprint density at radius 3 is 2.65 bits per heavy atom. The van der Waals surface area contributed by atoms with Crippen LogP contribution in [0, 0.1) is 11.8 Å². The molecule has 0 aromatic carbocycles. The van der Waals surface area contributed by atoms with Gasteiger partial charge in [-0.3, -0.25) is 9.69 Å². The lowest BCUT2D eigenvalue weighted by atomic mass is 9.99. The molecule has 1 N–H and O–H groups in total. The maximum Gasteiger partial charge on any atom is 0.310 e. The Morgan fingerprint density at radius 1 is 1.41 bits per heavy atom. The minimum absolute atomic E-state index is 0.0231. The molecular weight excluding hydrogens is 218 g/mol. The van der Waals surface area contributed by atoms with E-state index in [1.54, 1.807) is 0 Å². The summed E-state index contributed by atoms with van der Waals surface area (Å²) in [5.74, 6) is 0.191. The van der Waals surface area contributed by atoms with E-state index in [0.717, 1.165) is 38.8 Å². The van der Waals surface area contributed by atoms with Gasteiger partial charge in [0.1, 0.15) is 0 Å². The van der Waals surface area contributed by atoms with E-state index in [0.29, 0.717) is 12.5 Å². The molecule has 1 aliphatic carbocycles. The Balaban J connectivity index is 1.90. The summed E-state index contributed by atoms with van der Waals surface area (Å²) >= 11 is 0. The summed E-state index contributed by atoms with van der Waals surface area (Å²) in [5.41, 5.74) is -0.509. The molecule has 0 aromatic heterocycles. The number of ether oxygens (including phenoxy) is 1. The zero-order valence-electron chi connectivity index (χ0n) is 10.8. The number of esters is 1. The first-order chi connectivity index (χ1) is 8.04. The van der Waals surface area contributed by atoms with Crippen LogP contribution < -0.4 is 0 Å². The van der Waals surface area contributed by atoms with E-state index < -0.39 is 5.60 Å². The molecule has 1 aliphatic heterocycles. The first kappa shape index (κ1) is 12.8. The summed E-state index contributed by atoms with van der Waals surface area (Å²) in [6, 6.07) is 0. The van der Waals surface area contributed by atoms with Crippen molar-refractivity contribution in [3.8, 4) is 0 Å². The first-order valence-corrected chi connectivity index (χ1v) is 6.57. The van der Waals surface area contributed by atoms with E-state index in [-0.39, 0.29) is 11.9 Å². The number of hydrogen-bond donors (Lipinski definition) is 1. The van der Waals surface area contributed by atoms with E-state index in [1.807, 2.05) is 0 Å². The Kier molecular flexibility index (Phi) is 3.73. The molecule has 0 spiro atoms. The lowest BCUT2D eigenvalue weighted by Gasteiger charge is -2.28. The Hall–Kier alpha value is -0.610. The molecule has 0 bridgehead atoms. The molecule has 0 amide bonds. The van der Waals surface area contributed by atoms with Crippen LogP contribution in [0.25, 0.3) is 0 Å². The number of β-amino-alcohol motifs (C(OH)–C–C–N with tert-alkyl or cyclic N) is 1. The average molecular weight is 241 g/mol. The van der Waals surface area contributed by atoms with Crippen LogP contribution in [0.5, 0.6) is 0 Å². The van der Waals surface area contributed by atoms with Gasteiger partial charge in [0.15, 0.2) is 0 Å². The second kappa shape index (κ2) is 4.94. The molecule has 0 aromatic rings. The van der Waals surface area contributed by atoms with Gasteiger partial charge in [-0.1, -0.05) is 19.8 Å². The van der Waals surface area contributed by atoms with Crippen LogP contribution in [0.2, 0.25) is 0 Å². The van der Waals surface area contributed by atoms with E-state index in [9.17, 15) is 9.90 Å². The lowest BCUT2D eigenvalue weighted by Crippen LogP contribution is -2.40. The number of carbonyl (C=O) groups is 1. The molecule has 4 heteroatoms. The van der Waals surface area contributed by atoms with Gasteiger partial charge in [0, 0.05) is 19.6 Å². The number of rotatable bonds is 3. The monoisotopic (exact) mass is 241 g/mol. The van der Waals surface area contributed by atoms with E-state index >= 15 is 0 Å². The quantitative estimate of drug-likeness (QED) is 0.750. The summed E-state index contributed by atoms with van der Waals surface area (Å²) in [5, 5.41) is 10.4. The van der Waals surface area contributed by atoms with E-state index in [1.165, 1.54) is 7.11 Å². The molecule has 2 rings (SSSR count). The van der Waals surface area contributed by atoms with Crippen LogP contribution in [-0.4, -0.2) is 48.3 Å². The van der Waals surface area contributed by atoms with Crippen molar-refractivity contribution >= 4 is 5.97 Å². The fraction of sp³-hybridized carbons (Fsp3) is 0.923. The highest BCUT2D eigenvalue weighted by Gasteiger charge is 2.40. The van der Waals surface area contributed by atoms with Crippen LogP contribution in [0.15, 0.2) is 0 Å². The number of carbonyl (C=O) groups excluding carboxylic acids is 1. The van der Waals surface area contributed by atoms with Crippen LogP contribution in [0.1, 0.15) is 32.6 Å². The fourth-order valence-corrected chi connectivity index (χ4v) is 3.26. The van der Waals surface area contributed by atoms with Gasteiger partial charge >= 0.3 is 5.97 Å². The summed E-state index contributed by atoms with van der Waals surface area (Å²) in [6.07, 6.45) is 4.06. The van der Waals surface area contributed by atoms with Crippen molar-refractivity contribution in [1.29, 1.82) is 0 Å². The zero-order chi connectivity index (χ0) is 12.5. The smallest absolute Gasteiger partial charge is 0.310 e. The molecule has 4 nitrogen and oxygen atoms in total. The third-order valence-corrected chi connectivity index (χ3v) is 4.24. The molecule has 98 valence electrons. The van der Waals surface area contributed by atoms with Gasteiger partial charge in [0.05, 0.1) is 18.6 Å². The molecule has 2 fully saturated rings. The lowest BCUT2D eigenvalue weighted by molar-refractivity contribution is -0.146. The van der Waals surface area contributed by atoms with Gasteiger partial charge in [-0.2, -0.15) is 0 Å². The Morgan fingerprint density at radius 2 is 2.06 bits per heavy atom. The normalized spacial score (nSPS) is 32.9. The maximum atomic E-state index is 11.6. The summed E-state index contributed by atoms with van der Waals surface area (Å²) in [6.45, 7) is 4.42. The number of nitrogens with zero attached hydrogens (tertiary/aromatic N) is 1. The Labute approximate surface area is 103 Å². The number of hydrogen-bond acceptors (Lipinski definition) is 4. The second-order valence-corrected chi connectivity index (χ2v) is 5.73. The van der Waals surface area contributed by atoms with Crippen molar-refractivity contribution in [3.63, 3.8) is 0 Å². The number of likely N-dealkylation sites (tertiary alicyclic amines) is 1. The van der Waals surface area contributed by atoms with Crippen molar-refractivity contribution < 1.29 is 14.6 Å². The highest BCUT2D eigenvalue weighted by atomic mass is 16.5. The zero-order valence-corrected chi connectivity index (χ0v) is 10.8. The highest BCUT2D eigenvalue weighted by molar-refractivity contribution is 5.73. The van der Waals surface area contributed by atoms with Gasteiger partial charge in [0.2, 0.25) is 0 Å². The minimum Gasteiger partial charge on any atom is -0.469 e. The summed E-state index contributed by atoms with van der Waals surface area (Å²) in [7, 11) is 1.45. The molecule has 17 heavy (non-hydrogen) atoms.